The fourth-order valence-corrected chi connectivity index (χ4v) is 6.21. The number of amidine groups is 1. The molecule has 0 bridgehead atoms. The smallest absolute Gasteiger partial charge is 0.320 e. The summed E-state index contributed by atoms with van der Waals surface area (Å²) in [6.45, 7) is 12.2. The van der Waals surface area contributed by atoms with Crippen LogP contribution in [0, 0.1) is 5.41 Å². The van der Waals surface area contributed by atoms with Gasteiger partial charge in [-0.2, -0.15) is 5.10 Å². The van der Waals surface area contributed by atoms with E-state index in [-0.39, 0.29) is 23.6 Å². The van der Waals surface area contributed by atoms with Crippen LogP contribution in [0.2, 0.25) is 0 Å². The van der Waals surface area contributed by atoms with Crippen LogP contribution in [0.3, 0.4) is 0 Å². The third kappa shape index (κ3) is 9.03. The molecule has 47 heavy (non-hydrogen) atoms. The third-order valence-corrected chi connectivity index (χ3v) is 9.14. The molecule has 13 nitrogen and oxygen atoms in total. The number of carbonyl (C=O) groups excluding carboxylic acids is 1. The van der Waals surface area contributed by atoms with Crippen LogP contribution in [-0.2, 0) is 6.54 Å². The SMILES string of the molecule is C[C@@H]1CCC[C@H](C)N1c1nnc2ccc(OC3CCC(NC(=O)NC(C=C(N)C(C)(C)C)=Nc4cnn(CCN(C)C)c4)CC3)cn12. The summed E-state index contributed by atoms with van der Waals surface area (Å²) in [6, 6.07) is 4.50. The second-order valence-electron chi connectivity index (χ2n) is 14.4. The maximum Gasteiger partial charge on any atom is 0.320 e. The molecule has 4 N–H and O–H groups in total. The second-order valence-corrected chi connectivity index (χ2v) is 14.4. The number of urea groups is 1. The minimum Gasteiger partial charge on any atom is -0.489 e. The monoisotopic (exact) mass is 647 g/mol. The zero-order chi connectivity index (χ0) is 33.7. The molecule has 3 aromatic rings. The van der Waals surface area contributed by atoms with Crippen molar-refractivity contribution in [2.45, 2.75) is 110 Å². The zero-order valence-corrected chi connectivity index (χ0v) is 29.1. The van der Waals surface area contributed by atoms with E-state index in [0.29, 0.717) is 29.3 Å². The summed E-state index contributed by atoms with van der Waals surface area (Å²) in [4.78, 5) is 22.3. The molecule has 2 fully saturated rings. The molecule has 0 radical (unpaired) electrons. The van der Waals surface area contributed by atoms with Crippen LogP contribution in [-0.4, -0.2) is 86.0 Å². The number of anilines is 1. The van der Waals surface area contributed by atoms with Crippen molar-refractivity contribution in [3.05, 3.63) is 42.5 Å². The van der Waals surface area contributed by atoms with Crippen LogP contribution in [0.4, 0.5) is 16.4 Å². The highest BCUT2D eigenvalue weighted by Gasteiger charge is 2.29. The van der Waals surface area contributed by atoms with Crippen LogP contribution in [0.25, 0.3) is 5.65 Å². The van der Waals surface area contributed by atoms with Gasteiger partial charge in [0.2, 0.25) is 5.95 Å². The number of hydrogen-bond acceptors (Lipinski definition) is 9. The molecule has 1 aliphatic carbocycles. The third-order valence-electron chi connectivity index (χ3n) is 9.14. The molecule has 0 aromatic carbocycles. The predicted octanol–water partition coefficient (Wildman–Crippen LogP) is 4.86. The van der Waals surface area contributed by atoms with E-state index >= 15 is 0 Å². The highest BCUT2D eigenvalue weighted by atomic mass is 16.5. The van der Waals surface area contributed by atoms with E-state index in [2.05, 4.69) is 59.0 Å². The fourth-order valence-electron chi connectivity index (χ4n) is 6.21. The van der Waals surface area contributed by atoms with Gasteiger partial charge in [-0.25, -0.2) is 9.79 Å². The van der Waals surface area contributed by atoms with E-state index in [9.17, 15) is 4.79 Å². The van der Waals surface area contributed by atoms with Gasteiger partial charge in [-0.3, -0.25) is 14.4 Å². The molecule has 5 rings (SSSR count). The molecular formula is C34H53N11O2. The number of nitrogens with zero attached hydrogens (tertiary/aromatic N) is 8. The van der Waals surface area contributed by atoms with E-state index in [1.165, 1.54) is 6.42 Å². The molecule has 0 spiro atoms. The number of rotatable bonds is 9. The Hall–Kier alpha value is -4.13. The first-order chi connectivity index (χ1) is 22.4. The maximum atomic E-state index is 13.2. The molecule has 0 unspecified atom stereocenters. The number of nitrogens with two attached hydrogens (primary N) is 1. The van der Waals surface area contributed by atoms with Gasteiger partial charge < -0.3 is 25.6 Å². The second kappa shape index (κ2) is 14.7. The summed E-state index contributed by atoms with van der Waals surface area (Å²) in [6.07, 6.45) is 14.2. The lowest BCUT2D eigenvalue weighted by Gasteiger charge is -2.39. The molecule has 2 aliphatic rings. The molecule has 1 aliphatic heterocycles. The molecule has 13 heteroatoms. The Morgan fingerprint density at radius 3 is 2.49 bits per heavy atom. The van der Waals surface area contributed by atoms with E-state index in [0.717, 1.165) is 69.0 Å². The standard InChI is InChI=1S/C34H53N11O2/c1-23-9-8-10-24(2)45(23)33-41-40-31-16-15-28(22-44(31)33)47-27-13-11-25(12-14-27)38-32(46)39-30(19-29(35)34(3,4)5)37-26-20-36-43(21-26)18-17-42(6)7/h15-16,19-25,27H,8-14,17-18,35H2,1-7H3,(H2,37,38,39,46)/t23-,24+,25?,27?. The Bertz CT molecular complexity index is 1550. The number of aromatic nitrogens is 5. The largest absolute Gasteiger partial charge is 0.489 e. The maximum absolute atomic E-state index is 13.2. The van der Waals surface area contributed by atoms with E-state index in [1.807, 2.05) is 64.1 Å². The summed E-state index contributed by atoms with van der Waals surface area (Å²) in [7, 11) is 4.04. The van der Waals surface area contributed by atoms with E-state index < -0.39 is 0 Å². The van der Waals surface area contributed by atoms with Gasteiger partial charge in [0.25, 0.3) is 0 Å². The van der Waals surface area contributed by atoms with Crippen LogP contribution < -0.4 is 26.0 Å². The van der Waals surface area contributed by atoms with Gasteiger partial charge in [-0.15, -0.1) is 10.2 Å². The topological polar surface area (TPSA) is 143 Å². The molecule has 2 amide bonds. The van der Waals surface area contributed by atoms with Crippen molar-refractivity contribution in [2.24, 2.45) is 16.1 Å². The van der Waals surface area contributed by atoms with Crippen molar-refractivity contribution in [3.63, 3.8) is 0 Å². The van der Waals surface area contributed by atoms with Gasteiger partial charge >= 0.3 is 6.03 Å². The Morgan fingerprint density at radius 1 is 1.09 bits per heavy atom. The van der Waals surface area contributed by atoms with Gasteiger partial charge in [0.1, 0.15) is 17.3 Å². The molecule has 4 heterocycles. The Balaban J connectivity index is 1.18. The zero-order valence-electron chi connectivity index (χ0n) is 29.1. The number of amides is 2. The number of allylic oxidation sites excluding steroid dienone is 1. The number of hydrogen-bond donors (Lipinski definition) is 3. The first kappa shape index (κ1) is 34.2. The summed E-state index contributed by atoms with van der Waals surface area (Å²) >= 11 is 0. The van der Waals surface area contributed by atoms with Crippen molar-refractivity contribution >= 4 is 29.1 Å². The number of pyridine rings is 1. The van der Waals surface area contributed by atoms with Crippen molar-refractivity contribution in [2.75, 3.05) is 25.5 Å². The van der Waals surface area contributed by atoms with Crippen LogP contribution in [0.1, 0.15) is 79.6 Å². The van der Waals surface area contributed by atoms with Crippen LogP contribution in [0.5, 0.6) is 5.75 Å². The van der Waals surface area contributed by atoms with Crippen molar-refractivity contribution in [1.82, 2.24) is 39.9 Å². The number of ether oxygens (including phenoxy) is 1. The van der Waals surface area contributed by atoms with Crippen molar-refractivity contribution < 1.29 is 9.53 Å². The van der Waals surface area contributed by atoms with Crippen LogP contribution >= 0.6 is 0 Å². The van der Waals surface area contributed by atoms with E-state index in [4.69, 9.17) is 10.5 Å². The summed E-state index contributed by atoms with van der Waals surface area (Å²) in [5.74, 6) is 2.06. The Morgan fingerprint density at radius 2 is 1.81 bits per heavy atom. The van der Waals surface area contributed by atoms with Crippen molar-refractivity contribution in [1.29, 1.82) is 0 Å². The highest BCUT2D eigenvalue weighted by molar-refractivity contribution is 6.05. The lowest BCUT2D eigenvalue weighted by molar-refractivity contribution is 0.140. The van der Waals surface area contributed by atoms with Crippen LogP contribution in [0.15, 0.2) is 47.5 Å². The van der Waals surface area contributed by atoms with Crippen molar-refractivity contribution in [3.8, 4) is 5.75 Å². The van der Waals surface area contributed by atoms with Gasteiger partial charge in [-0.05, 0) is 85.0 Å². The number of carbonyl (C=O) groups is 1. The summed E-state index contributed by atoms with van der Waals surface area (Å²) < 4.78 is 10.3. The van der Waals surface area contributed by atoms with Gasteiger partial charge in [0.05, 0.1) is 31.2 Å². The fraction of sp³-hybridized carbons (Fsp3) is 0.618. The number of likely N-dealkylation sites (N-methyl/N-ethyl adjacent to an activating group) is 1. The summed E-state index contributed by atoms with van der Waals surface area (Å²) in [5, 5.41) is 19.4. The minimum absolute atomic E-state index is 0.0304. The lowest BCUT2D eigenvalue weighted by atomic mass is 9.92. The van der Waals surface area contributed by atoms with E-state index in [1.54, 1.807) is 12.3 Å². The molecule has 3 aromatic heterocycles. The molecule has 256 valence electrons. The van der Waals surface area contributed by atoms with Gasteiger partial charge in [0, 0.05) is 41.9 Å². The van der Waals surface area contributed by atoms with Gasteiger partial charge in [-0.1, -0.05) is 20.8 Å². The Labute approximate surface area is 278 Å². The number of nitrogens with one attached hydrogen (secondary N) is 2. The number of aliphatic imine (C=N–C) groups is 1. The molecule has 1 saturated carbocycles. The summed E-state index contributed by atoms with van der Waals surface area (Å²) in [5.41, 5.74) is 8.17. The first-order valence-electron chi connectivity index (χ1n) is 17.0. The minimum atomic E-state index is -0.308. The molecule has 1 saturated heterocycles. The average Bonchev–Trinajstić information content (AvgIpc) is 3.63. The number of fused-ring (bicyclic) bond motifs is 1. The first-order valence-corrected chi connectivity index (χ1v) is 17.0. The average molecular weight is 648 g/mol. The number of piperidine rings is 1. The normalized spacial score (nSPS) is 22.9. The highest BCUT2D eigenvalue weighted by Crippen LogP contribution is 2.30. The lowest BCUT2D eigenvalue weighted by Crippen LogP contribution is -2.46. The molecule has 2 atom stereocenters. The predicted molar refractivity (Wildman–Crippen MR) is 186 cm³/mol. The Kier molecular flexibility index (Phi) is 10.7. The van der Waals surface area contributed by atoms with Gasteiger partial charge in [0.15, 0.2) is 5.65 Å². The molecular weight excluding hydrogens is 594 g/mol. The quantitative estimate of drug-likeness (QED) is 0.221.